The molecular formula is C24H24FNO3S. The summed E-state index contributed by atoms with van der Waals surface area (Å²) in [4.78, 5) is 0.622. The normalized spacial score (nSPS) is 10.4. The number of benzene rings is 3. The van der Waals surface area contributed by atoms with Gasteiger partial charge in [-0.3, -0.25) is 0 Å². The van der Waals surface area contributed by atoms with Crippen LogP contribution in [-0.2, 0) is 13.2 Å². The van der Waals surface area contributed by atoms with Crippen LogP contribution >= 0.6 is 12.2 Å². The van der Waals surface area contributed by atoms with Gasteiger partial charge in [-0.2, -0.15) is 0 Å². The SMILES string of the molecule is CCOc1cc(C(=S)NCc2ccc(OC)cc2)ccc1OCc1ccc(F)cc1. The van der Waals surface area contributed by atoms with Crippen molar-refractivity contribution in [3.63, 3.8) is 0 Å². The molecule has 0 radical (unpaired) electrons. The van der Waals surface area contributed by atoms with Gasteiger partial charge in [0, 0.05) is 12.1 Å². The zero-order valence-corrected chi connectivity index (χ0v) is 17.8. The van der Waals surface area contributed by atoms with E-state index in [1.165, 1.54) is 12.1 Å². The van der Waals surface area contributed by atoms with Gasteiger partial charge in [-0.25, -0.2) is 4.39 Å². The van der Waals surface area contributed by atoms with Gasteiger partial charge in [0.1, 0.15) is 23.2 Å². The minimum absolute atomic E-state index is 0.270. The van der Waals surface area contributed by atoms with Gasteiger partial charge >= 0.3 is 0 Å². The molecule has 3 aromatic carbocycles. The molecule has 3 rings (SSSR count). The van der Waals surface area contributed by atoms with Crippen LogP contribution in [0.1, 0.15) is 23.6 Å². The van der Waals surface area contributed by atoms with Crippen molar-refractivity contribution in [3.8, 4) is 17.2 Å². The Labute approximate surface area is 181 Å². The van der Waals surface area contributed by atoms with Gasteiger partial charge < -0.3 is 19.5 Å². The first-order chi connectivity index (χ1) is 14.6. The van der Waals surface area contributed by atoms with Gasteiger partial charge in [0.25, 0.3) is 0 Å². The van der Waals surface area contributed by atoms with Crippen molar-refractivity contribution >= 4 is 17.2 Å². The molecule has 0 atom stereocenters. The maximum Gasteiger partial charge on any atom is 0.161 e. The van der Waals surface area contributed by atoms with E-state index in [0.29, 0.717) is 36.2 Å². The Morgan fingerprint density at radius 3 is 2.27 bits per heavy atom. The molecule has 1 N–H and O–H groups in total. The molecular weight excluding hydrogens is 401 g/mol. The Balaban J connectivity index is 1.64. The highest BCUT2D eigenvalue weighted by Gasteiger charge is 2.10. The summed E-state index contributed by atoms with van der Waals surface area (Å²) in [7, 11) is 1.64. The van der Waals surface area contributed by atoms with E-state index < -0.39 is 0 Å². The zero-order chi connectivity index (χ0) is 21.3. The molecule has 0 heterocycles. The highest BCUT2D eigenvalue weighted by atomic mass is 32.1. The van der Waals surface area contributed by atoms with Crippen molar-refractivity contribution in [2.24, 2.45) is 0 Å². The Hall–Kier alpha value is -3.12. The Morgan fingerprint density at radius 1 is 0.900 bits per heavy atom. The van der Waals surface area contributed by atoms with Crippen molar-refractivity contribution in [1.82, 2.24) is 5.32 Å². The fraction of sp³-hybridized carbons (Fsp3) is 0.208. The molecule has 6 heteroatoms. The number of methoxy groups -OCH3 is 1. The number of hydrogen-bond acceptors (Lipinski definition) is 4. The molecule has 0 saturated carbocycles. The largest absolute Gasteiger partial charge is 0.497 e. The monoisotopic (exact) mass is 425 g/mol. The molecule has 156 valence electrons. The summed E-state index contributed by atoms with van der Waals surface area (Å²) in [6.45, 7) is 3.34. The summed E-state index contributed by atoms with van der Waals surface area (Å²) < 4.78 is 29.8. The van der Waals surface area contributed by atoms with E-state index in [-0.39, 0.29) is 5.82 Å². The molecule has 0 unspecified atom stereocenters. The van der Waals surface area contributed by atoms with Crippen LogP contribution in [0, 0.1) is 5.82 Å². The number of rotatable bonds is 9. The van der Waals surface area contributed by atoms with Crippen molar-refractivity contribution in [1.29, 1.82) is 0 Å². The number of hydrogen-bond donors (Lipinski definition) is 1. The van der Waals surface area contributed by atoms with Crippen LogP contribution < -0.4 is 19.5 Å². The second-order valence-corrected chi connectivity index (χ2v) is 6.95. The van der Waals surface area contributed by atoms with Gasteiger partial charge in [0.15, 0.2) is 11.5 Å². The van der Waals surface area contributed by atoms with Gasteiger partial charge in [-0.15, -0.1) is 0 Å². The standard InChI is InChI=1S/C24H24FNO3S/c1-3-28-23-14-19(24(30)26-15-17-6-11-21(27-2)12-7-17)8-13-22(23)29-16-18-4-9-20(25)10-5-18/h4-14H,3,15-16H2,1-2H3,(H,26,30). The van der Waals surface area contributed by atoms with Crippen LogP contribution in [0.4, 0.5) is 4.39 Å². The lowest BCUT2D eigenvalue weighted by molar-refractivity contribution is 0.269. The van der Waals surface area contributed by atoms with E-state index in [1.807, 2.05) is 49.4 Å². The lowest BCUT2D eigenvalue weighted by Gasteiger charge is -2.15. The average Bonchev–Trinajstić information content (AvgIpc) is 2.78. The Kier molecular flexibility index (Phi) is 7.63. The van der Waals surface area contributed by atoms with Crippen molar-refractivity contribution in [2.45, 2.75) is 20.1 Å². The summed E-state index contributed by atoms with van der Waals surface area (Å²) >= 11 is 5.54. The quantitative estimate of drug-likeness (QED) is 0.473. The van der Waals surface area contributed by atoms with E-state index in [9.17, 15) is 4.39 Å². The van der Waals surface area contributed by atoms with E-state index in [1.54, 1.807) is 19.2 Å². The Morgan fingerprint density at radius 2 is 1.60 bits per heavy atom. The summed E-state index contributed by atoms with van der Waals surface area (Å²) in [5.41, 5.74) is 2.82. The van der Waals surface area contributed by atoms with Crippen LogP contribution in [-0.4, -0.2) is 18.7 Å². The fourth-order valence-corrected chi connectivity index (χ4v) is 3.01. The molecule has 0 aromatic heterocycles. The van der Waals surface area contributed by atoms with E-state index in [2.05, 4.69) is 5.32 Å². The van der Waals surface area contributed by atoms with Gasteiger partial charge in [-0.05, 0) is 60.5 Å². The number of thiocarbonyl (C=S) groups is 1. The Bertz CT molecular complexity index is 975. The number of ether oxygens (including phenoxy) is 3. The molecule has 0 aliphatic heterocycles. The van der Waals surface area contributed by atoms with Gasteiger partial charge in [0.05, 0.1) is 13.7 Å². The highest BCUT2D eigenvalue weighted by Crippen LogP contribution is 2.29. The molecule has 3 aromatic rings. The van der Waals surface area contributed by atoms with Crippen LogP contribution in [0.15, 0.2) is 66.7 Å². The summed E-state index contributed by atoms with van der Waals surface area (Å²) in [5.74, 6) is 1.78. The number of nitrogens with one attached hydrogen (secondary N) is 1. The fourth-order valence-electron chi connectivity index (χ4n) is 2.81. The summed E-state index contributed by atoms with van der Waals surface area (Å²) in [6, 6.07) is 19.6. The molecule has 0 spiro atoms. The third-order valence-electron chi connectivity index (χ3n) is 4.43. The first-order valence-electron chi connectivity index (χ1n) is 9.64. The molecule has 0 amide bonds. The maximum absolute atomic E-state index is 13.1. The van der Waals surface area contributed by atoms with E-state index in [0.717, 1.165) is 22.4 Å². The first-order valence-corrected chi connectivity index (χ1v) is 10.0. The average molecular weight is 426 g/mol. The van der Waals surface area contributed by atoms with Crippen LogP contribution in [0.3, 0.4) is 0 Å². The van der Waals surface area contributed by atoms with E-state index >= 15 is 0 Å². The second kappa shape index (κ2) is 10.6. The molecule has 30 heavy (non-hydrogen) atoms. The molecule has 0 saturated heterocycles. The van der Waals surface area contributed by atoms with Gasteiger partial charge in [0.2, 0.25) is 0 Å². The lowest BCUT2D eigenvalue weighted by atomic mass is 10.1. The van der Waals surface area contributed by atoms with Crippen molar-refractivity contribution in [2.75, 3.05) is 13.7 Å². The van der Waals surface area contributed by atoms with Crippen LogP contribution in [0.5, 0.6) is 17.2 Å². The predicted molar refractivity (Wildman–Crippen MR) is 120 cm³/mol. The number of halogens is 1. The third kappa shape index (κ3) is 5.94. The highest BCUT2D eigenvalue weighted by molar-refractivity contribution is 7.80. The molecule has 4 nitrogen and oxygen atoms in total. The third-order valence-corrected chi connectivity index (χ3v) is 4.81. The molecule has 0 fully saturated rings. The van der Waals surface area contributed by atoms with Crippen molar-refractivity contribution in [3.05, 3.63) is 89.2 Å². The summed E-state index contributed by atoms with van der Waals surface area (Å²) in [6.07, 6.45) is 0. The lowest BCUT2D eigenvalue weighted by Crippen LogP contribution is -2.21. The van der Waals surface area contributed by atoms with Crippen LogP contribution in [0.2, 0.25) is 0 Å². The topological polar surface area (TPSA) is 39.7 Å². The predicted octanol–water partition coefficient (Wildman–Crippen LogP) is 5.28. The minimum atomic E-state index is -0.270. The van der Waals surface area contributed by atoms with E-state index in [4.69, 9.17) is 26.4 Å². The zero-order valence-electron chi connectivity index (χ0n) is 17.0. The maximum atomic E-state index is 13.1. The summed E-state index contributed by atoms with van der Waals surface area (Å²) in [5, 5.41) is 3.26. The molecule has 0 aliphatic carbocycles. The second-order valence-electron chi connectivity index (χ2n) is 6.54. The first kappa shape index (κ1) is 21.6. The smallest absolute Gasteiger partial charge is 0.161 e. The van der Waals surface area contributed by atoms with Gasteiger partial charge in [-0.1, -0.05) is 36.5 Å². The van der Waals surface area contributed by atoms with Crippen LogP contribution in [0.25, 0.3) is 0 Å². The minimum Gasteiger partial charge on any atom is -0.497 e. The van der Waals surface area contributed by atoms with Crippen molar-refractivity contribution < 1.29 is 18.6 Å². The molecule has 0 bridgehead atoms. The molecule has 0 aliphatic rings.